The lowest BCUT2D eigenvalue weighted by molar-refractivity contribution is 0.598. The highest BCUT2D eigenvalue weighted by atomic mass is 19.1. The first kappa shape index (κ1) is 10.2. The van der Waals surface area contributed by atoms with Gasteiger partial charge in [-0.05, 0) is 44.0 Å². The minimum absolute atomic E-state index is 0.0204. The zero-order valence-corrected chi connectivity index (χ0v) is 8.97. The van der Waals surface area contributed by atoms with Crippen LogP contribution in [0.3, 0.4) is 0 Å². The van der Waals surface area contributed by atoms with E-state index in [1.807, 2.05) is 26.0 Å². The van der Waals surface area contributed by atoms with E-state index < -0.39 is 0 Å². The van der Waals surface area contributed by atoms with E-state index in [0.29, 0.717) is 12.0 Å². The standard InChI is InChI=1S/C12H15FN2/c1-7(14)3-9-6-12-10(5-11(9)13)4-8(2)15-12/h4-7,15H,3,14H2,1-2H3. The lowest BCUT2D eigenvalue weighted by atomic mass is 10.1. The van der Waals surface area contributed by atoms with Crippen LogP contribution in [0, 0.1) is 12.7 Å². The van der Waals surface area contributed by atoms with Gasteiger partial charge in [0, 0.05) is 22.6 Å². The molecule has 1 unspecified atom stereocenters. The molecule has 3 N–H and O–H groups in total. The van der Waals surface area contributed by atoms with Gasteiger partial charge in [-0.3, -0.25) is 0 Å². The van der Waals surface area contributed by atoms with Gasteiger partial charge < -0.3 is 10.7 Å². The van der Waals surface area contributed by atoms with Crippen molar-refractivity contribution >= 4 is 10.9 Å². The van der Waals surface area contributed by atoms with Crippen LogP contribution in [0.4, 0.5) is 4.39 Å². The molecule has 15 heavy (non-hydrogen) atoms. The molecule has 0 aliphatic rings. The predicted octanol–water partition coefficient (Wildman–Crippen LogP) is 2.51. The van der Waals surface area contributed by atoms with Gasteiger partial charge in [0.25, 0.3) is 0 Å². The maximum absolute atomic E-state index is 13.6. The molecule has 0 saturated carbocycles. The molecular weight excluding hydrogens is 191 g/mol. The average molecular weight is 206 g/mol. The number of hydrogen-bond acceptors (Lipinski definition) is 1. The lowest BCUT2D eigenvalue weighted by Gasteiger charge is -2.06. The Kier molecular flexibility index (Phi) is 2.49. The van der Waals surface area contributed by atoms with Gasteiger partial charge in [0.15, 0.2) is 0 Å². The predicted molar refractivity (Wildman–Crippen MR) is 60.3 cm³/mol. The van der Waals surface area contributed by atoms with Crippen LogP contribution in [-0.4, -0.2) is 11.0 Å². The van der Waals surface area contributed by atoms with Crippen LogP contribution >= 0.6 is 0 Å². The molecule has 1 atom stereocenters. The molecule has 2 rings (SSSR count). The van der Waals surface area contributed by atoms with Gasteiger partial charge in [-0.1, -0.05) is 0 Å². The summed E-state index contributed by atoms with van der Waals surface area (Å²) >= 11 is 0. The fourth-order valence-electron chi connectivity index (χ4n) is 1.85. The molecule has 80 valence electrons. The van der Waals surface area contributed by atoms with Gasteiger partial charge in [0.1, 0.15) is 5.82 Å². The van der Waals surface area contributed by atoms with E-state index in [4.69, 9.17) is 5.73 Å². The van der Waals surface area contributed by atoms with Gasteiger partial charge in [0.05, 0.1) is 0 Å². The molecule has 1 heterocycles. The average Bonchev–Trinajstić information content (AvgIpc) is 2.44. The molecule has 0 spiro atoms. The summed E-state index contributed by atoms with van der Waals surface area (Å²) < 4.78 is 13.6. The first-order valence-corrected chi connectivity index (χ1v) is 5.09. The van der Waals surface area contributed by atoms with Gasteiger partial charge >= 0.3 is 0 Å². The van der Waals surface area contributed by atoms with Gasteiger partial charge in [0.2, 0.25) is 0 Å². The van der Waals surface area contributed by atoms with E-state index in [9.17, 15) is 4.39 Å². The number of hydrogen-bond donors (Lipinski definition) is 2. The maximum Gasteiger partial charge on any atom is 0.127 e. The quantitative estimate of drug-likeness (QED) is 0.778. The van der Waals surface area contributed by atoms with Crippen molar-refractivity contribution in [1.29, 1.82) is 0 Å². The number of benzene rings is 1. The second-order valence-electron chi connectivity index (χ2n) is 4.16. The third kappa shape index (κ3) is 2.02. The van der Waals surface area contributed by atoms with Crippen molar-refractivity contribution in [3.05, 3.63) is 35.3 Å². The Balaban J connectivity index is 2.51. The first-order valence-electron chi connectivity index (χ1n) is 5.09. The summed E-state index contributed by atoms with van der Waals surface area (Å²) in [6, 6.07) is 5.33. The van der Waals surface area contributed by atoms with E-state index >= 15 is 0 Å². The Labute approximate surface area is 88.3 Å². The van der Waals surface area contributed by atoms with Crippen molar-refractivity contribution in [2.75, 3.05) is 0 Å². The Bertz CT molecular complexity index is 486. The monoisotopic (exact) mass is 206 g/mol. The molecule has 2 aromatic rings. The number of aromatic amines is 1. The SMILES string of the molecule is Cc1cc2cc(F)c(CC(C)N)cc2[nH]1. The molecule has 0 amide bonds. The van der Waals surface area contributed by atoms with E-state index in [0.717, 1.165) is 16.6 Å². The number of fused-ring (bicyclic) bond motifs is 1. The van der Waals surface area contributed by atoms with Crippen molar-refractivity contribution < 1.29 is 4.39 Å². The Morgan fingerprint density at radius 3 is 2.80 bits per heavy atom. The van der Waals surface area contributed by atoms with Gasteiger partial charge in [-0.25, -0.2) is 4.39 Å². The third-order valence-electron chi connectivity index (χ3n) is 2.46. The van der Waals surface area contributed by atoms with Crippen LogP contribution < -0.4 is 5.73 Å². The summed E-state index contributed by atoms with van der Waals surface area (Å²) in [5.41, 5.74) is 8.37. The number of nitrogens with one attached hydrogen (secondary N) is 1. The van der Waals surface area contributed by atoms with Crippen molar-refractivity contribution in [1.82, 2.24) is 4.98 Å². The summed E-state index contributed by atoms with van der Waals surface area (Å²) in [7, 11) is 0. The molecule has 0 saturated heterocycles. The van der Waals surface area contributed by atoms with Crippen LogP contribution in [-0.2, 0) is 6.42 Å². The molecule has 1 aromatic heterocycles. The van der Waals surface area contributed by atoms with Crippen molar-refractivity contribution in [3.8, 4) is 0 Å². The number of aromatic nitrogens is 1. The molecule has 0 radical (unpaired) electrons. The molecule has 0 aliphatic heterocycles. The smallest absolute Gasteiger partial charge is 0.127 e. The number of aryl methyl sites for hydroxylation is 1. The van der Waals surface area contributed by atoms with Gasteiger partial charge in [-0.15, -0.1) is 0 Å². The molecule has 0 fully saturated rings. The Hall–Kier alpha value is -1.35. The minimum atomic E-state index is -0.168. The summed E-state index contributed by atoms with van der Waals surface area (Å²) in [4.78, 5) is 3.19. The summed E-state index contributed by atoms with van der Waals surface area (Å²) in [6.45, 7) is 3.84. The molecule has 1 aromatic carbocycles. The van der Waals surface area contributed by atoms with E-state index in [1.54, 1.807) is 6.07 Å². The van der Waals surface area contributed by atoms with E-state index in [-0.39, 0.29) is 11.9 Å². The number of rotatable bonds is 2. The van der Waals surface area contributed by atoms with Crippen LogP contribution in [0.25, 0.3) is 10.9 Å². The van der Waals surface area contributed by atoms with Crippen LogP contribution in [0.2, 0.25) is 0 Å². The molecule has 0 aliphatic carbocycles. The largest absolute Gasteiger partial charge is 0.359 e. The fourth-order valence-corrected chi connectivity index (χ4v) is 1.85. The number of nitrogens with two attached hydrogens (primary N) is 1. The summed E-state index contributed by atoms with van der Waals surface area (Å²) in [6.07, 6.45) is 0.569. The Morgan fingerprint density at radius 1 is 1.40 bits per heavy atom. The zero-order chi connectivity index (χ0) is 11.0. The second kappa shape index (κ2) is 3.66. The zero-order valence-electron chi connectivity index (χ0n) is 8.97. The highest BCUT2D eigenvalue weighted by Gasteiger charge is 2.08. The third-order valence-corrected chi connectivity index (χ3v) is 2.46. The van der Waals surface area contributed by atoms with Crippen LogP contribution in [0.5, 0.6) is 0 Å². The number of H-pyrrole nitrogens is 1. The Morgan fingerprint density at radius 2 is 2.13 bits per heavy atom. The van der Waals surface area contributed by atoms with E-state index in [1.165, 1.54) is 0 Å². The fraction of sp³-hybridized carbons (Fsp3) is 0.333. The van der Waals surface area contributed by atoms with Crippen molar-refractivity contribution in [3.63, 3.8) is 0 Å². The summed E-state index contributed by atoms with van der Waals surface area (Å²) in [5, 5.41) is 0.915. The highest BCUT2D eigenvalue weighted by molar-refractivity contribution is 5.81. The normalized spacial score (nSPS) is 13.3. The van der Waals surface area contributed by atoms with Crippen molar-refractivity contribution in [2.45, 2.75) is 26.3 Å². The molecule has 3 heteroatoms. The lowest BCUT2D eigenvalue weighted by Crippen LogP contribution is -2.18. The van der Waals surface area contributed by atoms with Gasteiger partial charge in [-0.2, -0.15) is 0 Å². The van der Waals surface area contributed by atoms with Crippen molar-refractivity contribution in [2.24, 2.45) is 5.73 Å². The molecule has 2 nitrogen and oxygen atoms in total. The summed E-state index contributed by atoms with van der Waals surface area (Å²) in [5.74, 6) is -0.168. The maximum atomic E-state index is 13.6. The van der Waals surface area contributed by atoms with Crippen LogP contribution in [0.15, 0.2) is 18.2 Å². The number of halogens is 1. The highest BCUT2D eigenvalue weighted by Crippen LogP contribution is 2.20. The van der Waals surface area contributed by atoms with Crippen LogP contribution in [0.1, 0.15) is 18.2 Å². The van der Waals surface area contributed by atoms with E-state index in [2.05, 4.69) is 4.98 Å². The first-order chi connectivity index (χ1) is 7.06. The molecular formula is C12H15FN2. The second-order valence-corrected chi connectivity index (χ2v) is 4.16. The minimum Gasteiger partial charge on any atom is -0.359 e. The topological polar surface area (TPSA) is 41.8 Å². The molecule has 0 bridgehead atoms.